The Labute approximate surface area is 223 Å². The lowest BCUT2D eigenvalue weighted by atomic mass is 10.1. The van der Waals surface area contributed by atoms with Gasteiger partial charge in [-0.05, 0) is 60.2 Å². The number of thioether (sulfide) groups is 2. The van der Waals surface area contributed by atoms with E-state index in [1.54, 1.807) is 47.4 Å². The van der Waals surface area contributed by atoms with Crippen LogP contribution in [0.2, 0.25) is 10.0 Å². The van der Waals surface area contributed by atoms with E-state index in [2.05, 4.69) is 0 Å². The Bertz CT molecular complexity index is 1450. The van der Waals surface area contributed by atoms with E-state index in [1.807, 2.05) is 13.0 Å². The number of quaternary nitrogens is 1. The average Bonchev–Trinajstić information content (AvgIpc) is 3.23. The number of fused-ring (bicyclic) bond motifs is 2. The van der Waals surface area contributed by atoms with E-state index in [4.69, 9.17) is 23.2 Å². The molecule has 0 amide bonds. The highest BCUT2D eigenvalue weighted by molar-refractivity contribution is 8.03. The summed E-state index contributed by atoms with van der Waals surface area (Å²) in [6.45, 7) is 1.91. The van der Waals surface area contributed by atoms with Gasteiger partial charge in [-0.2, -0.15) is 8.42 Å². The summed E-state index contributed by atoms with van der Waals surface area (Å²) >= 11 is 15.0. The van der Waals surface area contributed by atoms with Crippen molar-refractivity contribution in [1.29, 1.82) is 0 Å². The highest BCUT2D eigenvalue weighted by Crippen LogP contribution is 2.46. The molecule has 0 bridgehead atoms. The summed E-state index contributed by atoms with van der Waals surface area (Å²) in [7, 11) is -8.88. The molecule has 0 aliphatic carbocycles. The standard InChI is InChI=1S/C21H20Cl2N2O6S4.H2/c1-2-13(7-20-24(11-34(26,27)28)16-9-14(22)3-5-18(16)32-20)8-21-25(12-35(29,30)31)17-10-15(23)4-6-19(17)33-21;/h3-10,20H,2,11-12H2,1H3,(H,26,27,28)(H,29,30,31);1H. The lowest BCUT2D eigenvalue weighted by Gasteiger charge is -2.23. The summed E-state index contributed by atoms with van der Waals surface area (Å²) < 4.78 is 67.9. The molecule has 35 heavy (non-hydrogen) atoms. The average molecular weight is 598 g/mol. The van der Waals surface area contributed by atoms with Gasteiger partial charge in [0.2, 0.25) is 0 Å². The van der Waals surface area contributed by atoms with Crippen LogP contribution in [0.5, 0.6) is 0 Å². The van der Waals surface area contributed by atoms with Gasteiger partial charge in [0.1, 0.15) is 16.0 Å². The van der Waals surface area contributed by atoms with Crippen LogP contribution < -0.4 is 9.80 Å². The van der Waals surface area contributed by atoms with Crippen LogP contribution in [0.1, 0.15) is 14.8 Å². The van der Waals surface area contributed by atoms with E-state index in [0.29, 0.717) is 37.8 Å². The Morgan fingerprint density at radius 3 is 2.46 bits per heavy atom. The zero-order valence-corrected chi connectivity index (χ0v) is 22.9. The normalized spacial score (nSPS) is 21.5. The van der Waals surface area contributed by atoms with Crippen molar-refractivity contribution in [2.75, 3.05) is 16.7 Å². The van der Waals surface area contributed by atoms with Crippen LogP contribution >= 0.6 is 46.7 Å². The van der Waals surface area contributed by atoms with E-state index < -0.39 is 37.4 Å². The summed E-state index contributed by atoms with van der Waals surface area (Å²) in [5.74, 6) is -1.29. The molecule has 2 aliphatic rings. The van der Waals surface area contributed by atoms with E-state index in [-0.39, 0.29) is 1.43 Å². The number of nitrogens with zero attached hydrogens (tertiary/aromatic N) is 1. The Balaban J connectivity index is 0.00000361. The Hall–Kier alpha value is -1.22. The van der Waals surface area contributed by atoms with Gasteiger partial charge in [0.15, 0.2) is 16.6 Å². The maximum absolute atomic E-state index is 11.7. The Morgan fingerprint density at radius 1 is 1.17 bits per heavy atom. The molecule has 0 saturated carbocycles. The van der Waals surface area contributed by atoms with E-state index in [1.165, 1.54) is 23.5 Å². The molecule has 14 heteroatoms. The molecule has 0 aromatic heterocycles. The number of nitrogens with one attached hydrogen (secondary N) is 1. The summed E-state index contributed by atoms with van der Waals surface area (Å²) in [6, 6.07) is 10.2. The molecule has 8 nitrogen and oxygen atoms in total. The van der Waals surface area contributed by atoms with Gasteiger partial charge in [0.25, 0.3) is 10.1 Å². The fraction of sp³-hybridized carbons (Fsp3) is 0.238. The third kappa shape index (κ3) is 6.56. The van der Waals surface area contributed by atoms with Gasteiger partial charge in [-0.1, -0.05) is 41.9 Å². The van der Waals surface area contributed by atoms with Crippen LogP contribution in [0.15, 0.2) is 68.9 Å². The topological polar surface area (TPSA) is 119 Å². The van der Waals surface area contributed by atoms with Gasteiger partial charge in [-0.3, -0.25) is 9.45 Å². The number of halogens is 2. The highest BCUT2D eigenvalue weighted by atomic mass is 35.5. The third-order valence-electron chi connectivity index (χ3n) is 5.27. The van der Waals surface area contributed by atoms with Crippen molar-refractivity contribution in [3.63, 3.8) is 0 Å². The second kappa shape index (κ2) is 10.3. The molecule has 2 heterocycles. The molecule has 0 saturated heterocycles. The largest absolute Gasteiger partial charge is 0.744 e. The molecule has 190 valence electrons. The second-order valence-corrected chi connectivity index (χ2v) is 13.8. The molecule has 2 unspecified atom stereocenters. The van der Waals surface area contributed by atoms with Crippen molar-refractivity contribution < 1.29 is 32.3 Å². The summed E-state index contributed by atoms with van der Waals surface area (Å²) in [4.78, 5) is 3.52. The SMILES string of the molecule is CCC(=CC1Sc2ccc(Cl)cc2N1CS(=O)(=O)O)C=C1Sc2ccc(Cl)cc2[NH+]1CS(=O)(=O)[O-].[HH]. The molecule has 0 radical (unpaired) electrons. The molecule has 2 N–H and O–H groups in total. The maximum Gasteiger partial charge on any atom is 0.283 e. The van der Waals surface area contributed by atoms with Crippen molar-refractivity contribution in [2.45, 2.75) is 28.5 Å². The minimum absolute atomic E-state index is 0. The molecule has 2 aliphatic heterocycles. The first-order valence-electron chi connectivity index (χ1n) is 10.2. The first-order chi connectivity index (χ1) is 16.3. The monoisotopic (exact) mass is 596 g/mol. The molecular formula is C21H22Cl2N2O6S4. The predicted octanol–water partition coefficient (Wildman–Crippen LogP) is 4.33. The molecular weight excluding hydrogens is 575 g/mol. The molecule has 4 rings (SSSR count). The number of benzene rings is 2. The maximum atomic E-state index is 11.7. The van der Waals surface area contributed by atoms with Crippen LogP contribution in [-0.4, -0.2) is 43.1 Å². The minimum Gasteiger partial charge on any atom is -0.744 e. The molecule has 0 fully saturated rings. The van der Waals surface area contributed by atoms with E-state index >= 15 is 0 Å². The number of hydrogen-bond acceptors (Lipinski definition) is 8. The van der Waals surface area contributed by atoms with Crippen LogP contribution in [0, 0.1) is 0 Å². The van der Waals surface area contributed by atoms with Gasteiger partial charge in [-0.25, -0.2) is 8.42 Å². The molecule has 2 atom stereocenters. The van der Waals surface area contributed by atoms with E-state index in [0.717, 1.165) is 15.4 Å². The van der Waals surface area contributed by atoms with Crippen molar-refractivity contribution in [2.24, 2.45) is 0 Å². The van der Waals surface area contributed by atoms with Crippen LogP contribution in [0.25, 0.3) is 0 Å². The zero-order chi connectivity index (χ0) is 25.5. The quantitative estimate of drug-likeness (QED) is 0.450. The third-order valence-corrected chi connectivity index (χ3v) is 9.38. The molecule has 0 spiro atoms. The van der Waals surface area contributed by atoms with Crippen molar-refractivity contribution in [3.05, 3.63) is 69.2 Å². The zero-order valence-electron chi connectivity index (χ0n) is 18.1. The minimum atomic E-state index is -4.55. The van der Waals surface area contributed by atoms with Crippen LogP contribution in [0.3, 0.4) is 0 Å². The van der Waals surface area contributed by atoms with Gasteiger partial charge >= 0.3 is 0 Å². The highest BCUT2D eigenvalue weighted by Gasteiger charge is 2.35. The van der Waals surface area contributed by atoms with Gasteiger partial charge < -0.3 is 9.45 Å². The van der Waals surface area contributed by atoms with Crippen LogP contribution in [-0.2, 0) is 20.2 Å². The summed E-state index contributed by atoms with van der Waals surface area (Å²) in [5.41, 5.74) is 1.99. The number of hydrogen-bond donors (Lipinski definition) is 2. The Kier molecular flexibility index (Phi) is 7.87. The lowest BCUT2D eigenvalue weighted by molar-refractivity contribution is -0.765. The molecule has 2 aromatic rings. The molecule has 2 aromatic carbocycles. The van der Waals surface area contributed by atoms with Crippen LogP contribution in [0.4, 0.5) is 11.4 Å². The van der Waals surface area contributed by atoms with Crippen molar-refractivity contribution in [1.82, 2.24) is 0 Å². The van der Waals surface area contributed by atoms with Crippen molar-refractivity contribution in [3.8, 4) is 0 Å². The lowest BCUT2D eigenvalue weighted by Crippen LogP contribution is -3.04. The summed E-state index contributed by atoms with van der Waals surface area (Å²) in [5, 5.41) is 1.01. The van der Waals surface area contributed by atoms with Gasteiger partial charge in [-0.15, -0.1) is 0 Å². The number of anilines is 1. The fourth-order valence-corrected chi connectivity index (χ4v) is 8.07. The van der Waals surface area contributed by atoms with Crippen molar-refractivity contribution >= 4 is 78.3 Å². The first-order valence-corrected chi connectivity index (χ1v) is 15.8. The van der Waals surface area contributed by atoms with Gasteiger partial charge in [0, 0.05) is 28.5 Å². The smallest absolute Gasteiger partial charge is 0.283 e. The number of allylic oxidation sites excluding steroid dienone is 2. The summed E-state index contributed by atoms with van der Waals surface area (Å²) in [6.07, 6.45) is 4.21. The van der Waals surface area contributed by atoms with E-state index in [9.17, 15) is 25.9 Å². The number of rotatable bonds is 7. The first kappa shape index (κ1) is 26.8. The predicted molar refractivity (Wildman–Crippen MR) is 141 cm³/mol. The second-order valence-electron chi connectivity index (χ2n) is 7.83. The fourth-order valence-electron chi connectivity index (χ4n) is 3.79. The Morgan fingerprint density at radius 2 is 1.83 bits per heavy atom. The van der Waals surface area contributed by atoms with Gasteiger partial charge in [0.05, 0.1) is 16.0 Å².